The number of amides is 1. The van der Waals surface area contributed by atoms with Gasteiger partial charge in [0.15, 0.2) is 5.90 Å². The van der Waals surface area contributed by atoms with Gasteiger partial charge in [0.25, 0.3) is 0 Å². The number of aliphatic imine (C=N–C) groups is 1. The van der Waals surface area contributed by atoms with Crippen LogP contribution in [0.3, 0.4) is 0 Å². The van der Waals surface area contributed by atoms with Gasteiger partial charge in [0, 0.05) is 18.9 Å². The maximum Gasteiger partial charge on any atom is 0.220 e. The van der Waals surface area contributed by atoms with Gasteiger partial charge < -0.3 is 10.1 Å². The van der Waals surface area contributed by atoms with Crippen molar-refractivity contribution in [2.45, 2.75) is 37.8 Å². The summed E-state index contributed by atoms with van der Waals surface area (Å²) in [5.41, 5.74) is 0. The highest BCUT2D eigenvalue weighted by molar-refractivity contribution is 5.78. The molecule has 1 N–H and O–H groups in total. The van der Waals surface area contributed by atoms with Crippen LogP contribution in [0.15, 0.2) is 30.3 Å². The Hall–Kier alpha value is -1.58. The van der Waals surface area contributed by atoms with E-state index in [0.29, 0.717) is 12.5 Å². The molecule has 0 aromatic rings. The number of carbonyl (C=O) groups is 1. The third-order valence-electron chi connectivity index (χ3n) is 2.78. The van der Waals surface area contributed by atoms with Gasteiger partial charge in [-0.15, -0.1) is 13.2 Å². The molecule has 0 spiro atoms. The molecule has 0 aromatic heterocycles. The molecule has 2 aliphatic heterocycles. The van der Waals surface area contributed by atoms with Crippen molar-refractivity contribution < 1.29 is 9.53 Å². The van der Waals surface area contributed by atoms with E-state index in [1.54, 1.807) is 13.2 Å². The van der Waals surface area contributed by atoms with Crippen LogP contribution in [0.4, 0.5) is 0 Å². The van der Waals surface area contributed by atoms with Crippen molar-refractivity contribution in [2.75, 3.05) is 7.11 Å². The minimum Gasteiger partial charge on any atom is -0.484 e. The van der Waals surface area contributed by atoms with Gasteiger partial charge in [-0.3, -0.25) is 4.79 Å². The number of rotatable bonds is 2. The van der Waals surface area contributed by atoms with E-state index in [9.17, 15) is 4.79 Å². The van der Waals surface area contributed by atoms with E-state index in [1.165, 1.54) is 0 Å². The van der Waals surface area contributed by atoms with E-state index in [2.05, 4.69) is 23.5 Å². The Kier molecular flexibility index (Phi) is 5.46. The SMILES string of the molecule is C=C[C@@H]1CCC(=O)N1.C=C[C@@H]1CCC(OC)=N1. The molecule has 0 bridgehead atoms. The molecule has 17 heavy (non-hydrogen) atoms. The smallest absolute Gasteiger partial charge is 0.220 e. The van der Waals surface area contributed by atoms with E-state index in [1.807, 2.05) is 6.08 Å². The highest BCUT2D eigenvalue weighted by atomic mass is 16.5. The zero-order valence-corrected chi connectivity index (χ0v) is 10.3. The molecular formula is C13H20N2O2. The molecule has 4 nitrogen and oxygen atoms in total. The standard InChI is InChI=1S/C7H11NO.C6H9NO/c1-3-6-4-5-7(8-6)9-2;1-2-5-3-4-6(8)7-5/h3,6H,1,4-5H2,2H3;2,5H,1,3-4H2,(H,7,8)/t6-;5-/m11/s1. The minimum atomic E-state index is 0.148. The molecule has 0 unspecified atom stereocenters. The molecule has 0 aliphatic carbocycles. The summed E-state index contributed by atoms with van der Waals surface area (Å²) in [5, 5.41) is 2.75. The molecular weight excluding hydrogens is 216 g/mol. The number of methoxy groups -OCH3 is 1. The molecule has 4 heteroatoms. The zero-order valence-electron chi connectivity index (χ0n) is 10.3. The van der Waals surface area contributed by atoms with Crippen molar-refractivity contribution in [3.8, 4) is 0 Å². The van der Waals surface area contributed by atoms with E-state index in [4.69, 9.17) is 4.74 Å². The topological polar surface area (TPSA) is 50.7 Å². The van der Waals surface area contributed by atoms with Crippen molar-refractivity contribution in [2.24, 2.45) is 4.99 Å². The summed E-state index contributed by atoms with van der Waals surface area (Å²) >= 11 is 0. The lowest BCUT2D eigenvalue weighted by molar-refractivity contribution is -0.119. The van der Waals surface area contributed by atoms with Crippen LogP contribution in [-0.4, -0.2) is 31.0 Å². The van der Waals surface area contributed by atoms with Crippen LogP contribution in [-0.2, 0) is 9.53 Å². The monoisotopic (exact) mass is 236 g/mol. The quantitative estimate of drug-likeness (QED) is 0.744. The summed E-state index contributed by atoms with van der Waals surface area (Å²) in [6.07, 6.45) is 7.23. The summed E-state index contributed by atoms with van der Waals surface area (Å²) in [4.78, 5) is 14.7. The Balaban J connectivity index is 0.000000171. The number of hydrogen-bond acceptors (Lipinski definition) is 3. The lowest BCUT2D eigenvalue weighted by Crippen LogP contribution is -2.22. The Bertz CT molecular complexity index is 323. The maximum atomic E-state index is 10.5. The normalized spacial score (nSPS) is 26.4. The van der Waals surface area contributed by atoms with Crippen molar-refractivity contribution in [3.05, 3.63) is 25.3 Å². The highest BCUT2D eigenvalue weighted by Crippen LogP contribution is 2.13. The van der Waals surface area contributed by atoms with Crippen LogP contribution in [0.2, 0.25) is 0 Å². The van der Waals surface area contributed by atoms with Crippen LogP contribution >= 0.6 is 0 Å². The molecule has 1 fully saturated rings. The maximum absolute atomic E-state index is 10.5. The molecule has 94 valence electrons. The van der Waals surface area contributed by atoms with Crippen LogP contribution < -0.4 is 5.32 Å². The second kappa shape index (κ2) is 6.89. The van der Waals surface area contributed by atoms with Crippen molar-refractivity contribution >= 4 is 11.8 Å². The fourth-order valence-electron chi connectivity index (χ4n) is 1.73. The first-order valence-corrected chi connectivity index (χ1v) is 5.84. The minimum absolute atomic E-state index is 0.148. The number of nitrogens with zero attached hydrogens (tertiary/aromatic N) is 1. The number of carbonyl (C=O) groups excluding carboxylic acids is 1. The summed E-state index contributed by atoms with van der Waals surface area (Å²) in [6, 6.07) is 0.544. The highest BCUT2D eigenvalue weighted by Gasteiger charge is 2.16. The van der Waals surface area contributed by atoms with Crippen LogP contribution in [0, 0.1) is 0 Å². The first-order chi connectivity index (χ1) is 8.19. The molecule has 2 aliphatic rings. The van der Waals surface area contributed by atoms with Gasteiger partial charge in [0.1, 0.15) is 0 Å². The Morgan fingerprint density at radius 1 is 1.35 bits per heavy atom. The van der Waals surface area contributed by atoms with Gasteiger partial charge in [-0.2, -0.15) is 0 Å². The molecule has 1 saturated heterocycles. The van der Waals surface area contributed by atoms with Gasteiger partial charge in [0.2, 0.25) is 5.91 Å². The number of hydrogen-bond donors (Lipinski definition) is 1. The second-order valence-corrected chi connectivity index (χ2v) is 4.02. The summed E-state index contributed by atoms with van der Waals surface area (Å²) in [7, 11) is 1.66. The second-order valence-electron chi connectivity index (χ2n) is 4.02. The first kappa shape index (κ1) is 13.5. The van der Waals surface area contributed by atoms with Gasteiger partial charge in [-0.25, -0.2) is 4.99 Å². The van der Waals surface area contributed by atoms with E-state index in [0.717, 1.165) is 25.2 Å². The van der Waals surface area contributed by atoms with E-state index in [-0.39, 0.29) is 11.9 Å². The molecule has 0 saturated carbocycles. The number of nitrogens with one attached hydrogen (secondary N) is 1. The summed E-state index contributed by atoms with van der Waals surface area (Å²) in [5.74, 6) is 1.01. The zero-order chi connectivity index (χ0) is 12.7. The van der Waals surface area contributed by atoms with E-state index >= 15 is 0 Å². The van der Waals surface area contributed by atoms with Gasteiger partial charge >= 0.3 is 0 Å². The molecule has 2 atom stereocenters. The first-order valence-electron chi connectivity index (χ1n) is 5.84. The Morgan fingerprint density at radius 3 is 2.41 bits per heavy atom. The van der Waals surface area contributed by atoms with Crippen LogP contribution in [0.1, 0.15) is 25.7 Å². The number of ether oxygens (including phenoxy) is 1. The third-order valence-corrected chi connectivity index (χ3v) is 2.78. The van der Waals surface area contributed by atoms with Gasteiger partial charge in [-0.1, -0.05) is 12.2 Å². The summed E-state index contributed by atoms with van der Waals surface area (Å²) < 4.78 is 4.95. The van der Waals surface area contributed by atoms with Crippen molar-refractivity contribution in [3.63, 3.8) is 0 Å². The predicted molar refractivity (Wildman–Crippen MR) is 69.0 cm³/mol. The lowest BCUT2D eigenvalue weighted by Gasteiger charge is -1.98. The summed E-state index contributed by atoms with van der Waals surface area (Å²) in [6.45, 7) is 7.21. The average Bonchev–Trinajstić information content (AvgIpc) is 2.97. The fourth-order valence-corrected chi connectivity index (χ4v) is 1.73. The van der Waals surface area contributed by atoms with Crippen molar-refractivity contribution in [1.82, 2.24) is 5.32 Å². The fraction of sp³-hybridized carbons (Fsp3) is 0.538. The van der Waals surface area contributed by atoms with Crippen LogP contribution in [0.5, 0.6) is 0 Å². The molecule has 1 amide bonds. The van der Waals surface area contributed by atoms with Gasteiger partial charge in [0.05, 0.1) is 13.2 Å². The molecule has 0 radical (unpaired) electrons. The Labute approximate surface area is 102 Å². The third kappa shape index (κ3) is 4.43. The molecule has 2 rings (SSSR count). The average molecular weight is 236 g/mol. The lowest BCUT2D eigenvalue weighted by atomic mass is 10.2. The predicted octanol–water partition coefficient (Wildman–Crippen LogP) is 1.83. The molecule has 0 aromatic carbocycles. The Morgan fingerprint density at radius 2 is 2.12 bits per heavy atom. The van der Waals surface area contributed by atoms with Crippen molar-refractivity contribution in [1.29, 1.82) is 0 Å². The van der Waals surface area contributed by atoms with Gasteiger partial charge in [-0.05, 0) is 12.8 Å². The van der Waals surface area contributed by atoms with E-state index < -0.39 is 0 Å². The van der Waals surface area contributed by atoms with Crippen LogP contribution in [0.25, 0.3) is 0 Å². The molecule has 2 heterocycles. The largest absolute Gasteiger partial charge is 0.484 e.